The van der Waals surface area contributed by atoms with Crippen LogP contribution in [0.15, 0.2) is 6.07 Å². The molecule has 1 fully saturated rings. The average molecular weight is 385 g/mol. The molecule has 3 heterocycles. The number of ether oxygens (including phenoxy) is 2. The van der Waals surface area contributed by atoms with Crippen LogP contribution < -0.4 is 10.1 Å². The molecule has 0 spiro atoms. The van der Waals surface area contributed by atoms with Gasteiger partial charge >= 0.3 is 0 Å². The van der Waals surface area contributed by atoms with Gasteiger partial charge in [0.1, 0.15) is 5.52 Å². The van der Waals surface area contributed by atoms with E-state index in [1.807, 2.05) is 0 Å². The molecule has 4 rings (SSSR count). The van der Waals surface area contributed by atoms with Crippen molar-refractivity contribution in [3.8, 4) is 5.88 Å². The van der Waals surface area contributed by atoms with Crippen LogP contribution in [-0.2, 0) is 24.2 Å². The van der Waals surface area contributed by atoms with Crippen molar-refractivity contribution in [2.75, 3.05) is 45.2 Å². The number of hydrogen-bond acceptors (Lipinski definition) is 6. The third-order valence-electron chi connectivity index (χ3n) is 5.78. The predicted octanol–water partition coefficient (Wildman–Crippen LogP) is 3.56. The summed E-state index contributed by atoms with van der Waals surface area (Å²) in [4.78, 5) is 12.2. The summed E-state index contributed by atoms with van der Waals surface area (Å²) >= 11 is 0. The molecule has 152 valence electrons. The van der Waals surface area contributed by atoms with Crippen LogP contribution in [0.2, 0.25) is 0 Å². The number of hydrogen-bond donors (Lipinski definition) is 1. The fourth-order valence-electron chi connectivity index (χ4n) is 4.31. The molecule has 1 N–H and O–H groups in total. The van der Waals surface area contributed by atoms with Crippen molar-refractivity contribution in [2.45, 2.75) is 52.1 Å². The molecule has 0 amide bonds. The third-order valence-corrected chi connectivity index (χ3v) is 5.78. The number of methoxy groups -OCH3 is 1. The van der Waals surface area contributed by atoms with Gasteiger partial charge in [-0.3, -0.25) is 4.98 Å². The SMILES string of the molecule is CCCNc1c2c(nc3cc(COCCN4CCCC4)c(OC)nc13)CCC2. The van der Waals surface area contributed by atoms with Crippen LogP contribution in [0.5, 0.6) is 5.88 Å². The molecule has 1 aliphatic heterocycles. The highest BCUT2D eigenvalue weighted by Crippen LogP contribution is 2.35. The second-order valence-electron chi connectivity index (χ2n) is 7.82. The first-order valence-electron chi connectivity index (χ1n) is 10.7. The number of rotatable bonds is 9. The smallest absolute Gasteiger partial charge is 0.219 e. The number of likely N-dealkylation sites (tertiary alicyclic amines) is 1. The fourth-order valence-corrected chi connectivity index (χ4v) is 4.31. The Kier molecular flexibility index (Phi) is 6.27. The third kappa shape index (κ3) is 4.08. The molecule has 2 aliphatic rings. The lowest BCUT2D eigenvalue weighted by Crippen LogP contribution is -2.24. The van der Waals surface area contributed by atoms with Gasteiger partial charge in [-0.2, -0.15) is 0 Å². The van der Waals surface area contributed by atoms with Gasteiger partial charge in [0.15, 0.2) is 0 Å². The number of anilines is 1. The molecular formula is C22H32N4O2. The lowest BCUT2D eigenvalue weighted by Gasteiger charge is -2.17. The zero-order valence-corrected chi connectivity index (χ0v) is 17.2. The van der Waals surface area contributed by atoms with Crippen LogP contribution in [-0.4, -0.2) is 54.8 Å². The van der Waals surface area contributed by atoms with Gasteiger partial charge in [-0.25, -0.2) is 4.98 Å². The Morgan fingerprint density at radius 1 is 1.14 bits per heavy atom. The Balaban J connectivity index is 1.56. The van der Waals surface area contributed by atoms with E-state index in [1.165, 1.54) is 43.6 Å². The number of fused-ring (bicyclic) bond motifs is 2. The van der Waals surface area contributed by atoms with E-state index in [0.717, 1.165) is 61.2 Å². The largest absolute Gasteiger partial charge is 0.481 e. The Bertz CT molecular complexity index is 818. The molecular weight excluding hydrogens is 352 g/mol. The van der Waals surface area contributed by atoms with E-state index in [4.69, 9.17) is 19.4 Å². The van der Waals surface area contributed by atoms with Crippen molar-refractivity contribution < 1.29 is 9.47 Å². The summed E-state index contributed by atoms with van der Waals surface area (Å²) in [6, 6.07) is 2.10. The van der Waals surface area contributed by atoms with E-state index < -0.39 is 0 Å². The van der Waals surface area contributed by atoms with Crippen molar-refractivity contribution in [3.63, 3.8) is 0 Å². The van der Waals surface area contributed by atoms with E-state index in [0.29, 0.717) is 12.5 Å². The topological polar surface area (TPSA) is 59.5 Å². The summed E-state index contributed by atoms with van der Waals surface area (Å²) in [6.07, 6.45) is 7.01. The lowest BCUT2D eigenvalue weighted by atomic mass is 10.1. The van der Waals surface area contributed by atoms with Crippen molar-refractivity contribution in [2.24, 2.45) is 0 Å². The van der Waals surface area contributed by atoms with Gasteiger partial charge < -0.3 is 19.7 Å². The summed E-state index contributed by atoms with van der Waals surface area (Å²) in [7, 11) is 1.68. The maximum atomic E-state index is 5.96. The first kappa shape index (κ1) is 19.4. The summed E-state index contributed by atoms with van der Waals surface area (Å²) in [6.45, 7) is 7.78. The minimum Gasteiger partial charge on any atom is -0.481 e. The summed E-state index contributed by atoms with van der Waals surface area (Å²) in [5.41, 5.74) is 6.55. The number of pyridine rings is 2. The second-order valence-corrected chi connectivity index (χ2v) is 7.82. The standard InChI is InChI=1S/C22H32N4O2/c1-3-9-23-20-17-7-6-8-18(17)24-19-14-16(22(27-2)25-21(19)20)15-28-13-12-26-10-4-5-11-26/h14H,3-13,15H2,1-2H3,(H,23,24). The van der Waals surface area contributed by atoms with Crippen LogP contribution >= 0.6 is 0 Å². The predicted molar refractivity (Wildman–Crippen MR) is 112 cm³/mol. The van der Waals surface area contributed by atoms with Gasteiger partial charge in [0.25, 0.3) is 0 Å². The lowest BCUT2D eigenvalue weighted by molar-refractivity contribution is 0.0975. The Hall–Kier alpha value is -1.92. The summed E-state index contributed by atoms with van der Waals surface area (Å²) < 4.78 is 11.6. The van der Waals surface area contributed by atoms with Gasteiger partial charge in [0.05, 0.1) is 31.5 Å². The van der Waals surface area contributed by atoms with Gasteiger partial charge in [-0.05, 0) is 63.2 Å². The highest BCUT2D eigenvalue weighted by Gasteiger charge is 2.22. The summed E-state index contributed by atoms with van der Waals surface area (Å²) in [5.74, 6) is 0.646. The molecule has 1 aliphatic carbocycles. The summed E-state index contributed by atoms with van der Waals surface area (Å²) in [5, 5.41) is 3.60. The zero-order chi connectivity index (χ0) is 19.3. The van der Waals surface area contributed by atoms with E-state index in [9.17, 15) is 0 Å². The van der Waals surface area contributed by atoms with Crippen LogP contribution in [0.1, 0.15) is 49.4 Å². The Labute approximate surface area is 167 Å². The monoisotopic (exact) mass is 384 g/mol. The van der Waals surface area contributed by atoms with Crippen LogP contribution in [0, 0.1) is 0 Å². The molecule has 1 saturated heterocycles. The number of aromatic nitrogens is 2. The molecule has 2 aromatic rings. The van der Waals surface area contributed by atoms with Crippen molar-refractivity contribution in [1.29, 1.82) is 0 Å². The quantitative estimate of drug-likeness (QED) is 0.667. The molecule has 6 heteroatoms. The maximum absolute atomic E-state index is 5.96. The van der Waals surface area contributed by atoms with Gasteiger partial charge in [-0.15, -0.1) is 0 Å². The fraction of sp³-hybridized carbons (Fsp3) is 0.636. The number of aryl methyl sites for hydroxylation is 1. The highest BCUT2D eigenvalue weighted by molar-refractivity contribution is 5.91. The van der Waals surface area contributed by atoms with E-state index in [-0.39, 0.29) is 0 Å². The Morgan fingerprint density at radius 3 is 2.79 bits per heavy atom. The molecule has 0 atom stereocenters. The maximum Gasteiger partial charge on any atom is 0.219 e. The first-order valence-corrected chi connectivity index (χ1v) is 10.7. The second kappa shape index (κ2) is 9.05. The van der Waals surface area contributed by atoms with Crippen molar-refractivity contribution in [1.82, 2.24) is 14.9 Å². The van der Waals surface area contributed by atoms with Gasteiger partial charge in [-0.1, -0.05) is 6.92 Å². The molecule has 0 aromatic carbocycles. The van der Waals surface area contributed by atoms with E-state index in [1.54, 1.807) is 7.11 Å². The van der Waals surface area contributed by atoms with Gasteiger partial charge in [0.2, 0.25) is 5.88 Å². The molecule has 0 bridgehead atoms. The highest BCUT2D eigenvalue weighted by atomic mass is 16.5. The molecule has 0 saturated carbocycles. The number of nitrogens with zero attached hydrogens (tertiary/aromatic N) is 3. The first-order chi connectivity index (χ1) is 13.8. The van der Waals surface area contributed by atoms with E-state index >= 15 is 0 Å². The molecule has 28 heavy (non-hydrogen) atoms. The van der Waals surface area contributed by atoms with Gasteiger partial charge in [0, 0.05) is 24.3 Å². The van der Waals surface area contributed by atoms with Crippen LogP contribution in [0.25, 0.3) is 11.0 Å². The van der Waals surface area contributed by atoms with Crippen molar-refractivity contribution >= 4 is 16.7 Å². The molecule has 6 nitrogen and oxygen atoms in total. The average Bonchev–Trinajstić information content (AvgIpc) is 3.39. The zero-order valence-electron chi connectivity index (χ0n) is 17.2. The molecule has 0 unspecified atom stereocenters. The number of nitrogens with one attached hydrogen (secondary N) is 1. The Morgan fingerprint density at radius 2 is 2.00 bits per heavy atom. The normalized spacial score (nSPS) is 16.6. The molecule has 0 radical (unpaired) electrons. The van der Waals surface area contributed by atoms with Crippen LogP contribution in [0.3, 0.4) is 0 Å². The van der Waals surface area contributed by atoms with E-state index in [2.05, 4.69) is 23.2 Å². The molecule has 2 aromatic heterocycles. The minimum absolute atomic E-state index is 0.510. The van der Waals surface area contributed by atoms with Crippen LogP contribution in [0.4, 0.5) is 5.69 Å². The minimum atomic E-state index is 0.510. The van der Waals surface area contributed by atoms with Crippen molar-refractivity contribution in [3.05, 3.63) is 22.9 Å².